The van der Waals surface area contributed by atoms with E-state index in [9.17, 15) is 0 Å². The lowest BCUT2D eigenvalue weighted by Gasteiger charge is -2.18. The third-order valence-corrected chi connectivity index (χ3v) is 7.09. The molecule has 0 saturated carbocycles. The summed E-state index contributed by atoms with van der Waals surface area (Å²) >= 11 is 0. The Balaban J connectivity index is 1.91. The van der Waals surface area contributed by atoms with E-state index in [1.54, 1.807) is 27.4 Å². The van der Waals surface area contributed by atoms with Gasteiger partial charge in [-0.05, 0) is 16.8 Å². The number of nitrogens with zero attached hydrogens (tertiary/aromatic N) is 2. The number of hydrogen-bond acceptors (Lipinski definition) is 4. The summed E-state index contributed by atoms with van der Waals surface area (Å²) in [5.41, 5.74) is 3.06. The van der Waals surface area contributed by atoms with Gasteiger partial charge in [0.2, 0.25) is 5.75 Å². The molecule has 5 nitrogen and oxygen atoms in total. The third kappa shape index (κ3) is 2.50. The van der Waals surface area contributed by atoms with E-state index in [4.69, 9.17) is 19.2 Å². The first-order valence-electron chi connectivity index (χ1n) is 11.6. The summed E-state index contributed by atoms with van der Waals surface area (Å²) < 4.78 is 34.9. The fourth-order valence-corrected chi connectivity index (χ4v) is 5.65. The van der Waals surface area contributed by atoms with Crippen molar-refractivity contribution in [3.8, 4) is 17.2 Å². The minimum Gasteiger partial charge on any atom is -0.493 e. The maximum atomic E-state index is 15.6. The molecule has 0 aliphatic heterocycles. The highest BCUT2D eigenvalue weighted by atomic mass is 19.1. The number of aromatic nitrogens is 2. The first-order chi connectivity index (χ1) is 17.7. The zero-order valence-corrected chi connectivity index (χ0v) is 19.9. The monoisotopic (exact) mass is 476 g/mol. The Labute approximate surface area is 205 Å². The molecule has 0 fully saturated rings. The number of rotatable bonds is 3. The fraction of sp³-hybridized carbons (Fsp3) is 0.100. The molecule has 0 radical (unpaired) electrons. The Kier molecular flexibility index (Phi) is 4.30. The Morgan fingerprint density at radius 1 is 0.667 bits per heavy atom. The summed E-state index contributed by atoms with van der Waals surface area (Å²) in [5, 5.41) is 6.11. The number of methoxy groups -OCH3 is 3. The number of halogens is 1. The predicted molar refractivity (Wildman–Crippen MR) is 142 cm³/mol. The second-order valence-corrected chi connectivity index (χ2v) is 8.76. The molecule has 0 spiro atoms. The van der Waals surface area contributed by atoms with Crippen LogP contribution >= 0.6 is 0 Å². The predicted octanol–water partition coefficient (Wildman–Crippen LogP) is 7.27. The lowest BCUT2D eigenvalue weighted by atomic mass is 9.99. The van der Waals surface area contributed by atoms with E-state index in [0.717, 1.165) is 43.5 Å². The molecule has 0 amide bonds. The van der Waals surface area contributed by atoms with Gasteiger partial charge >= 0.3 is 0 Å². The van der Waals surface area contributed by atoms with E-state index < -0.39 is 0 Å². The number of fused-ring (bicyclic) bond motifs is 13. The van der Waals surface area contributed by atoms with Gasteiger partial charge in [-0.25, -0.2) is 9.37 Å². The molecule has 36 heavy (non-hydrogen) atoms. The molecule has 5 aromatic carbocycles. The minimum absolute atomic E-state index is 0.347. The summed E-state index contributed by atoms with van der Waals surface area (Å²) in [7, 11) is 4.75. The largest absolute Gasteiger partial charge is 0.493 e. The second-order valence-electron chi connectivity index (χ2n) is 8.76. The van der Waals surface area contributed by atoms with E-state index in [1.807, 2.05) is 40.8 Å². The lowest BCUT2D eigenvalue weighted by molar-refractivity contribution is 0.327. The van der Waals surface area contributed by atoms with Crippen LogP contribution in [-0.2, 0) is 0 Å². The highest BCUT2D eigenvalue weighted by molar-refractivity contribution is 6.27. The van der Waals surface area contributed by atoms with Crippen molar-refractivity contribution in [1.29, 1.82) is 0 Å². The highest BCUT2D eigenvalue weighted by Crippen LogP contribution is 2.48. The van der Waals surface area contributed by atoms with Crippen LogP contribution in [0.4, 0.5) is 4.39 Å². The Bertz CT molecular complexity index is 2030. The zero-order valence-electron chi connectivity index (χ0n) is 19.9. The zero-order chi connectivity index (χ0) is 24.6. The van der Waals surface area contributed by atoms with Gasteiger partial charge < -0.3 is 14.2 Å². The van der Waals surface area contributed by atoms with Crippen molar-refractivity contribution < 1.29 is 18.6 Å². The van der Waals surface area contributed by atoms with Crippen LogP contribution < -0.4 is 14.2 Å². The molecule has 2 aromatic heterocycles. The Morgan fingerprint density at radius 2 is 1.31 bits per heavy atom. The van der Waals surface area contributed by atoms with Crippen molar-refractivity contribution in [3.05, 3.63) is 78.6 Å². The normalized spacial score (nSPS) is 11.9. The van der Waals surface area contributed by atoms with Gasteiger partial charge in [-0.2, -0.15) is 0 Å². The van der Waals surface area contributed by atoms with Crippen LogP contribution in [0, 0.1) is 5.82 Å². The molecule has 7 rings (SSSR count). The van der Waals surface area contributed by atoms with Crippen molar-refractivity contribution in [2.24, 2.45) is 0 Å². The number of hydrogen-bond donors (Lipinski definition) is 0. The van der Waals surface area contributed by atoms with Gasteiger partial charge in [0.05, 0.1) is 48.7 Å². The first kappa shape index (κ1) is 20.8. The standard InChI is InChI=1S/C30H21FN2O3/c1-34-23-15-22-25(29(36-3)28(23)35-2)20-13-8-14-21(31)24(20)30-32-26-18-11-6-4-9-16(18)17-10-5-7-12-19(17)27(26)33(22)30/h4-15H,1-3H3. The maximum Gasteiger partial charge on any atom is 0.204 e. The van der Waals surface area contributed by atoms with Gasteiger partial charge in [0.1, 0.15) is 11.5 Å². The molecule has 0 aliphatic carbocycles. The number of ether oxygens (including phenoxy) is 3. The van der Waals surface area contributed by atoms with Gasteiger partial charge in [0.15, 0.2) is 11.5 Å². The topological polar surface area (TPSA) is 45.0 Å². The minimum atomic E-state index is -0.347. The molecule has 0 N–H and O–H groups in total. The molecule has 176 valence electrons. The summed E-state index contributed by atoms with van der Waals surface area (Å²) in [6, 6.07) is 23.5. The fourth-order valence-electron chi connectivity index (χ4n) is 5.65. The van der Waals surface area contributed by atoms with Crippen LogP contribution in [0.3, 0.4) is 0 Å². The second kappa shape index (κ2) is 7.46. The highest BCUT2D eigenvalue weighted by Gasteiger charge is 2.25. The number of imidazole rings is 1. The SMILES string of the molecule is COc1cc2c(c(OC)c1OC)c1cccc(F)c1c1nc3c4ccccc4c4ccccc4c3n21. The van der Waals surface area contributed by atoms with E-state index in [2.05, 4.69) is 24.3 Å². The average molecular weight is 477 g/mol. The van der Waals surface area contributed by atoms with E-state index >= 15 is 4.39 Å². The summed E-state index contributed by atoms with van der Waals surface area (Å²) in [6.45, 7) is 0. The Morgan fingerprint density at radius 3 is 2.00 bits per heavy atom. The number of benzene rings is 5. The van der Waals surface area contributed by atoms with Crippen molar-refractivity contribution in [2.45, 2.75) is 0 Å². The van der Waals surface area contributed by atoms with Crippen LogP contribution in [0.15, 0.2) is 72.8 Å². The first-order valence-corrected chi connectivity index (χ1v) is 11.6. The molecular formula is C30H21FN2O3. The van der Waals surface area contributed by atoms with Gasteiger partial charge in [-0.3, -0.25) is 4.40 Å². The van der Waals surface area contributed by atoms with Gasteiger partial charge in [0, 0.05) is 22.2 Å². The van der Waals surface area contributed by atoms with Crippen molar-refractivity contribution in [1.82, 2.24) is 9.38 Å². The molecule has 0 aliphatic rings. The van der Waals surface area contributed by atoms with E-state index in [0.29, 0.717) is 33.7 Å². The quantitative estimate of drug-likeness (QED) is 0.252. The van der Waals surface area contributed by atoms with E-state index in [-0.39, 0.29) is 5.82 Å². The van der Waals surface area contributed by atoms with Crippen molar-refractivity contribution >= 4 is 59.9 Å². The molecule has 0 atom stereocenters. The van der Waals surface area contributed by atoms with Crippen LogP contribution in [0.25, 0.3) is 59.9 Å². The smallest absolute Gasteiger partial charge is 0.204 e. The molecule has 0 bridgehead atoms. The summed E-state index contributed by atoms with van der Waals surface area (Å²) in [5.74, 6) is 1.11. The Hall–Kier alpha value is -4.58. The average Bonchev–Trinajstić information content (AvgIpc) is 3.33. The molecule has 0 saturated heterocycles. The third-order valence-electron chi connectivity index (χ3n) is 7.09. The molecular weight excluding hydrogens is 455 g/mol. The number of pyridine rings is 1. The molecule has 7 aromatic rings. The maximum absolute atomic E-state index is 15.6. The van der Waals surface area contributed by atoms with E-state index in [1.165, 1.54) is 6.07 Å². The van der Waals surface area contributed by atoms with Crippen LogP contribution in [0.5, 0.6) is 17.2 Å². The summed E-state index contributed by atoms with van der Waals surface area (Å²) in [4.78, 5) is 5.10. The van der Waals surface area contributed by atoms with Gasteiger partial charge in [0.25, 0.3) is 0 Å². The van der Waals surface area contributed by atoms with Crippen molar-refractivity contribution in [2.75, 3.05) is 21.3 Å². The lowest BCUT2D eigenvalue weighted by Crippen LogP contribution is -2.00. The van der Waals surface area contributed by atoms with Gasteiger partial charge in [-0.1, -0.05) is 60.7 Å². The van der Waals surface area contributed by atoms with Crippen molar-refractivity contribution in [3.63, 3.8) is 0 Å². The molecule has 0 unspecified atom stereocenters. The molecule has 6 heteroatoms. The summed E-state index contributed by atoms with van der Waals surface area (Å²) in [6.07, 6.45) is 0. The van der Waals surface area contributed by atoms with Gasteiger partial charge in [-0.15, -0.1) is 0 Å². The van der Waals surface area contributed by atoms with Crippen LogP contribution in [0.1, 0.15) is 0 Å². The van der Waals surface area contributed by atoms with Crippen LogP contribution in [-0.4, -0.2) is 30.7 Å². The van der Waals surface area contributed by atoms with Crippen LogP contribution in [0.2, 0.25) is 0 Å². The molecule has 2 heterocycles.